The lowest BCUT2D eigenvalue weighted by Crippen LogP contribution is -2.51. The highest BCUT2D eigenvalue weighted by atomic mass is 16.6. The molecular formula is C10H17NO4. The van der Waals surface area contributed by atoms with Crippen LogP contribution < -0.4 is 5.32 Å². The Labute approximate surface area is 88.7 Å². The highest BCUT2D eigenvalue weighted by Gasteiger charge is 2.36. The monoisotopic (exact) mass is 215 g/mol. The number of carbonyl (C=O) groups is 1. The summed E-state index contributed by atoms with van der Waals surface area (Å²) in [5.41, 5.74) is 0. The van der Waals surface area contributed by atoms with E-state index in [2.05, 4.69) is 5.32 Å². The largest absolute Gasteiger partial charge is 0.481 e. The molecule has 3 atom stereocenters. The number of carboxylic acids is 1. The van der Waals surface area contributed by atoms with Crippen molar-refractivity contribution >= 4 is 5.97 Å². The molecule has 0 aromatic carbocycles. The molecule has 0 spiro atoms. The van der Waals surface area contributed by atoms with Crippen molar-refractivity contribution in [3.63, 3.8) is 0 Å². The molecule has 1 saturated carbocycles. The highest BCUT2D eigenvalue weighted by Crippen LogP contribution is 2.27. The molecule has 5 nitrogen and oxygen atoms in total. The quantitative estimate of drug-likeness (QED) is 0.683. The maximum absolute atomic E-state index is 10.7. The van der Waals surface area contributed by atoms with Gasteiger partial charge in [-0.2, -0.15) is 0 Å². The Kier molecular flexibility index (Phi) is 3.56. The number of hydrogen-bond acceptors (Lipinski definition) is 4. The van der Waals surface area contributed by atoms with E-state index in [0.29, 0.717) is 26.4 Å². The highest BCUT2D eigenvalue weighted by molar-refractivity contribution is 5.72. The van der Waals surface area contributed by atoms with Crippen molar-refractivity contribution in [1.82, 2.24) is 5.32 Å². The van der Waals surface area contributed by atoms with Crippen molar-refractivity contribution in [1.29, 1.82) is 0 Å². The van der Waals surface area contributed by atoms with Gasteiger partial charge in [0.15, 0.2) is 0 Å². The Morgan fingerprint density at radius 1 is 1.40 bits per heavy atom. The fraction of sp³-hybridized carbons (Fsp3) is 0.900. The first-order chi connectivity index (χ1) is 7.27. The maximum atomic E-state index is 10.7. The van der Waals surface area contributed by atoms with Crippen LogP contribution in [0.25, 0.3) is 0 Å². The van der Waals surface area contributed by atoms with Crippen LogP contribution in [0.4, 0.5) is 0 Å². The summed E-state index contributed by atoms with van der Waals surface area (Å²) in [6.07, 6.45) is 1.81. The van der Waals surface area contributed by atoms with E-state index in [9.17, 15) is 4.79 Å². The second-order valence-corrected chi connectivity index (χ2v) is 4.10. The average Bonchev–Trinajstić information content (AvgIpc) is 2.17. The fourth-order valence-corrected chi connectivity index (χ4v) is 1.98. The molecule has 15 heavy (non-hydrogen) atoms. The average molecular weight is 215 g/mol. The van der Waals surface area contributed by atoms with Crippen LogP contribution in [0.15, 0.2) is 0 Å². The van der Waals surface area contributed by atoms with Gasteiger partial charge < -0.3 is 19.9 Å². The van der Waals surface area contributed by atoms with Crippen LogP contribution in [-0.2, 0) is 14.3 Å². The van der Waals surface area contributed by atoms with Crippen molar-refractivity contribution in [3.05, 3.63) is 0 Å². The van der Waals surface area contributed by atoms with E-state index >= 15 is 0 Å². The zero-order chi connectivity index (χ0) is 10.7. The van der Waals surface area contributed by atoms with Gasteiger partial charge in [-0.1, -0.05) is 0 Å². The van der Waals surface area contributed by atoms with Gasteiger partial charge in [0.1, 0.15) is 0 Å². The topological polar surface area (TPSA) is 67.8 Å². The van der Waals surface area contributed by atoms with Gasteiger partial charge in [-0.05, 0) is 12.8 Å². The van der Waals surface area contributed by atoms with Crippen molar-refractivity contribution in [2.24, 2.45) is 5.92 Å². The lowest BCUT2D eigenvalue weighted by atomic mass is 9.79. The smallest absolute Gasteiger partial charge is 0.308 e. The van der Waals surface area contributed by atoms with E-state index in [-0.39, 0.29) is 18.1 Å². The van der Waals surface area contributed by atoms with E-state index in [4.69, 9.17) is 14.6 Å². The standard InChI is InChI=1S/C10H17NO4/c12-10(13)8-1-2-9(8)11-5-7-6-14-3-4-15-7/h7-9,11H,1-6H2,(H,12,13). The summed E-state index contributed by atoms with van der Waals surface area (Å²) in [6, 6.07) is 0.119. The summed E-state index contributed by atoms with van der Waals surface area (Å²) >= 11 is 0. The van der Waals surface area contributed by atoms with Crippen molar-refractivity contribution in [2.75, 3.05) is 26.4 Å². The summed E-state index contributed by atoms with van der Waals surface area (Å²) in [5, 5.41) is 12.1. The molecule has 2 N–H and O–H groups in total. The second-order valence-electron chi connectivity index (χ2n) is 4.10. The minimum absolute atomic E-state index is 0.0776. The third-order valence-electron chi connectivity index (χ3n) is 3.08. The Hall–Kier alpha value is -0.650. The molecule has 0 aromatic rings. The number of rotatable bonds is 4. The number of nitrogens with one attached hydrogen (secondary N) is 1. The van der Waals surface area contributed by atoms with Gasteiger partial charge >= 0.3 is 5.97 Å². The molecule has 1 heterocycles. The van der Waals surface area contributed by atoms with Crippen LogP contribution in [-0.4, -0.2) is 49.6 Å². The van der Waals surface area contributed by atoms with Gasteiger partial charge in [-0.3, -0.25) is 4.79 Å². The molecule has 1 aliphatic carbocycles. The molecule has 0 aromatic heterocycles. The molecule has 1 saturated heterocycles. The van der Waals surface area contributed by atoms with E-state index in [0.717, 1.165) is 12.8 Å². The predicted octanol–water partition coefficient (Wildman–Crippen LogP) is -0.145. The van der Waals surface area contributed by atoms with Gasteiger partial charge in [0, 0.05) is 12.6 Å². The molecule has 2 aliphatic rings. The van der Waals surface area contributed by atoms with Gasteiger partial charge in [0.2, 0.25) is 0 Å². The Balaban J connectivity index is 1.67. The van der Waals surface area contributed by atoms with Gasteiger partial charge in [0.25, 0.3) is 0 Å². The molecular weight excluding hydrogens is 198 g/mol. The van der Waals surface area contributed by atoms with Crippen LogP contribution in [0.1, 0.15) is 12.8 Å². The fourth-order valence-electron chi connectivity index (χ4n) is 1.98. The second kappa shape index (κ2) is 4.92. The molecule has 1 aliphatic heterocycles. The first-order valence-electron chi connectivity index (χ1n) is 5.43. The lowest BCUT2D eigenvalue weighted by Gasteiger charge is -2.35. The van der Waals surface area contributed by atoms with Crippen LogP contribution in [0, 0.1) is 5.92 Å². The number of ether oxygens (including phenoxy) is 2. The Morgan fingerprint density at radius 3 is 2.80 bits per heavy atom. The third kappa shape index (κ3) is 2.68. The first-order valence-corrected chi connectivity index (χ1v) is 5.43. The number of carboxylic acid groups (broad SMARTS) is 1. The summed E-state index contributed by atoms with van der Waals surface area (Å²) in [4.78, 5) is 10.7. The molecule has 0 bridgehead atoms. The number of aliphatic carboxylic acids is 1. The molecule has 86 valence electrons. The zero-order valence-corrected chi connectivity index (χ0v) is 8.65. The van der Waals surface area contributed by atoms with E-state index in [1.54, 1.807) is 0 Å². The minimum Gasteiger partial charge on any atom is -0.481 e. The van der Waals surface area contributed by atoms with E-state index in [1.165, 1.54) is 0 Å². The van der Waals surface area contributed by atoms with Crippen LogP contribution in [0.5, 0.6) is 0 Å². The summed E-state index contributed by atoms with van der Waals surface area (Å²) in [5.74, 6) is -0.908. The number of hydrogen-bond donors (Lipinski definition) is 2. The van der Waals surface area contributed by atoms with Crippen LogP contribution >= 0.6 is 0 Å². The molecule has 0 radical (unpaired) electrons. The van der Waals surface area contributed by atoms with Gasteiger partial charge in [-0.15, -0.1) is 0 Å². The van der Waals surface area contributed by atoms with Crippen LogP contribution in [0.3, 0.4) is 0 Å². The van der Waals surface area contributed by atoms with Gasteiger partial charge in [-0.25, -0.2) is 0 Å². The Morgan fingerprint density at radius 2 is 2.27 bits per heavy atom. The molecule has 0 amide bonds. The normalized spacial score (nSPS) is 35.9. The predicted molar refractivity (Wildman–Crippen MR) is 52.7 cm³/mol. The molecule has 3 unspecified atom stereocenters. The SMILES string of the molecule is O=C(O)C1CCC1NCC1COCCO1. The molecule has 2 rings (SSSR count). The third-order valence-corrected chi connectivity index (χ3v) is 3.08. The van der Waals surface area contributed by atoms with E-state index < -0.39 is 5.97 Å². The van der Waals surface area contributed by atoms with Gasteiger partial charge in [0.05, 0.1) is 31.8 Å². The van der Waals surface area contributed by atoms with Crippen molar-refractivity contribution in [2.45, 2.75) is 25.0 Å². The summed E-state index contributed by atoms with van der Waals surface area (Å²) < 4.78 is 10.7. The lowest BCUT2D eigenvalue weighted by molar-refractivity contribution is -0.146. The minimum atomic E-state index is -0.695. The molecule has 2 fully saturated rings. The van der Waals surface area contributed by atoms with Crippen LogP contribution in [0.2, 0.25) is 0 Å². The maximum Gasteiger partial charge on any atom is 0.308 e. The Bertz CT molecular complexity index is 227. The molecule has 5 heteroatoms. The van der Waals surface area contributed by atoms with E-state index in [1.807, 2.05) is 0 Å². The summed E-state index contributed by atoms with van der Waals surface area (Å²) in [7, 11) is 0. The zero-order valence-electron chi connectivity index (χ0n) is 8.65. The summed E-state index contributed by atoms with van der Waals surface area (Å²) in [6.45, 7) is 2.60. The first kappa shape index (κ1) is 10.9. The van der Waals surface area contributed by atoms with Crippen molar-refractivity contribution < 1.29 is 19.4 Å². The van der Waals surface area contributed by atoms with Crippen molar-refractivity contribution in [3.8, 4) is 0 Å².